The zero-order valence-electron chi connectivity index (χ0n) is 20.6. The van der Waals surface area contributed by atoms with E-state index in [-0.39, 0.29) is 11.4 Å². The molecule has 6 nitrogen and oxygen atoms in total. The van der Waals surface area contributed by atoms with Gasteiger partial charge in [0.1, 0.15) is 17.5 Å². The first-order chi connectivity index (χ1) is 16.8. The van der Waals surface area contributed by atoms with Gasteiger partial charge in [0.2, 0.25) is 0 Å². The monoisotopic (exact) mass is 473 g/mol. The van der Waals surface area contributed by atoms with Crippen molar-refractivity contribution in [2.45, 2.75) is 20.4 Å². The van der Waals surface area contributed by atoms with E-state index in [1.54, 1.807) is 22.8 Å². The van der Waals surface area contributed by atoms with Crippen molar-refractivity contribution in [1.82, 2.24) is 9.47 Å². The van der Waals surface area contributed by atoms with Crippen LogP contribution in [0.4, 0.5) is 21.6 Å². The number of aryl methyl sites for hydroxylation is 1. The van der Waals surface area contributed by atoms with Gasteiger partial charge >= 0.3 is 0 Å². The number of likely N-dealkylation sites (N-methyl/N-ethyl adjacent to an activating group) is 1. The fourth-order valence-corrected chi connectivity index (χ4v) is 4.25. The maximum absolute atomic E-state index is 13.6. The molecule has 35 heavy (non-hydrogen) atoms. The summed E-state index contributed by atoms with van der Waals surface area (Å²) >= 11 is 0. The molecule has 0 bridgehead atoms. The fraction of sp³-hybridized carbons (Fsp3) is 0.286. The predicted molar refractivity (Wildman–Crippen MR) is 144 cm³/mol. The molecule has 1 saturated heterocycles. The molecule has 0 aliphatic carbocycles. The van der Waals surface area contributed by atoms with Crippen molar-refractivity contribution in [2.75, 3.05) is 43.4 Å². The molecule has 0 radical (unpaired) electrons. The molecule has 4 rings (SSSR count). The average Bonchev–Trinajstić information content (AvgIpc) is 2.84. The van der Waals surface area contributed by atoms with Crippen molar-refractivity contribution in [2.24, 2.45) is 4.99 Å². The van der Waals surface area contributed by atoms with E-state index in [0.717, 1.165) is 48.6 Å². The number of nitrogens with zero attached hydrogens (tertiary/aromatic N) is 4. The van der Waals surface area contributed by atoms with Crippen molar-refractivity contribution in [3.05, 3.63) is 94.0 Å². The molecule has 1 aromatic heterocycles. The Balaban J connectivity index is 1.58. The van der Waals surface area contributed by atoms with E-state index in [1.807, 2.05) is 26.0 Å². The molecule has 2 aromatic carbocycles. The summed E-state index contributed by atoms with van der Waals surface area (Å²) in [6.07, 6.45) is 1.68. The van der Waals surface area contributed by atoms with Gasteiger partial charge in [0.15, 0.2) is 0 Å². The van der Waals surface area contributed by atoms with Gasteiger partial charge in [-0.3, -0.25) is 9.36 Å². The van der Waals surface area contributed by atoms with Gasteiger partial charge in [-0.1, -0.05) is 18.7 Å². The predicted octanol–water partition coefficient (Wildman–Crippen LogP) is 4.90. The summed E-state index contributed by atoms with van der Waals surface area (Å²) in [6.45, 7) is 12.0. The number of amidine groups is 1. The highest BCUT2D eigenvalue weighted by Crippen LogP contribution is 2.23. The first-order valence-corrected chi connectivity index (χ1v) is 11.8. The van der Waals surface area contributed by atoms with E-state index in [1.165, 1.54) is 23.9 Å². The average molecular weight is 474 g/mol. The summed E-state index contributed by atoms with van der Waals surface area (Å²) in [5, 5.41) is 3.33. The Morgan fingerprint density at radius 1 is 1.09 bits per heavy atom. The van der Waals surface area contributed by atoms with Crippen LogP contribution in [0.15, 0.2) is 71.0 Å². The van der Waals surface area contributed by atoms with Crippen molar-refractivity contribution in [3.8, 4) is 0 Å². The molecule has 1 N–H and O–H groups in total. The van der Waals surface area contributed by atoms with Gasteiger partial charge in [0.25, 0.3) is 5.56 Å². The van der Waals surface area contributed by atoms with Gasteiger partial charge in [-0.2, -0.15) is 0 Å². The number of halogens is 1. The molecule has 0 amide bonds. The van der Waals surface area contributed by atoms with E-state index in [0.29, 0.717) is 18.2 Å². The number of pyridine rings is 1. The lowest BCUT2D eigenvalue weighted by atomic mass is 10.1. The molecule has 7 heteroatoms. The topological polar surface area (TPSA) is 52.9 Å². The quantitative estimate of drug-likeness (QED) is 0.409. The number of hydrogen-bond acceptors (Lipinski definition) is 4. The zero-order chi connectivity index (χ0) is 24.9. The van der Waals surface area contributed by atoms with Gasteiger partial charge in [-0.05, 0) is 74.5 Å². The van der Waals surface area contributed by atoms with E-state index >= 15 is 0 Å². The molecule has 182 valence electrons. The summed E-state index contributed by atoms with van der Waals surface area (Å²) in [7, 11) is 2.15. The highest BCUT2D eigenvalue weighted by Gasteiger charge is 2.14. The van der Waals surface area contributed by atoms with Crippen LogP contribution in [0.2, 0.25) is 0 Å². The third-order valence-corrected chi connectivity index (χ3v) is 6.37. The number of nitrogens with one attached hydrogen (secondary N) is 1. The SMILES string of the molecule is C=Cc1ccc(=O)n(Cc2ccc(F)cc2C)c1N=C(C)Nc1ccc(N2CCN(C)CC2)cc1. The summed E-state index contributed by atoms with van der Waals surface area (Å²) in [5.74, 6) is 0.862. The number of rotatable bonds is 6. The molecule has 1 aliphatic heterocycles. The molecular weight excluding hydrogens is 441 g/mol. The summed E-state index contributed by atoms with van der Waals surface area (Å²) in [5.41, 5.74) is 4.34. The molecular formula is C28H32FN5O. The van der Waals surface area contributed by atoms with Crippen LogP contribution in [-0.4, -0.2) is 48.5 Å². The van der Waals surface area contributed by atoms with Crippen LogP contribution in [-0.2, 0) is 6.54 Å². The highest BCUT2D eigenvalue weighted by molar-refractivity contribution is 5.95. The summed E-state index contributed by atoms with van der Waals surface area (Å²) in [6, 6.07) is 16.1. The minimum absolute atomic E-state index is 0.178. The number of hydrogen-bond donors (Lipinski definition) is 1. The van der Waals surface area contributed by atoms with Gasteiger partial charge in [0.05, 0.1) is 6.54 Å². The van der Waals surface area contributed by atoms with Gasteiger partial charge in [-0.25, -0.2) is 9.38 Å². The third kappa shape index (κ3) is 5.87. The van der Waals surface area contributed by atoms with Crippen LogP contribution in [0.25, 0.3) is 6.08 Å². The molecule has 0 atom stereocenters. The molecule has 1 aliphatic rings. The minimum atomic E-state index is -0.296. The summed E-state index contributed by atoms with van der Waals surface area (Å²) < 4.78 is 15.2. The molecule has 1 fully saturated rings. The maximum Gasteiger partial charge on any atom is 0.252 e. The smallest absolute Gasteiger partial charge is 0.252 e. The van der Waals surface area contributed by atoms with E-state index in [9.17, 15) is 9.18 Å². The van der Waals surface area contributed by atoms with E-state index in [2.05, 4.69) is 40.9 Å². The Morgan fingerprint density at radius 2 is 1.80 bits per heavy atom. The largest absolute Gasteiger partial charge is 0.369 e. The molecule has 0 spiro atoms. The molecule has 2 heterocycles. The normalized spacial score (nSPS) is 14.7. The van der Waals surface area contributed by atoms with Gasteiger partial charge in [0, 0.05) is 49.2 Å². The van der Waals surface area contributed by atoms with Crippen LogP contribution < -0.4 is 15.8 Å². The van der Waals surface area contributed by atoms with Crippen LogP contribution >= 0.6 is 0 Å². The van der Waals surface area contributed by atoms with Crippen LogP contribution in [0, 0.1) is 12.7 Å². The zero-order valence-corrected chi connectivity index (χ0v) is 20.6. The lowest BCUT2D eigenvalue weighted by Gasteiger charge is -2.34. The second-order valence-corrected chi connectivity index (χ2v) is 8.97. The maximum atomic E-state index is 13.6. The van der Waals surface area contributed by atoms with Crippen LogP contribution in [0.1, 0.15) is 23.6 Å². The minimum Gasteiger partial charge on any atom is -0.369 e. The Bertz CT molecular complexity index is 1290. The molecule has 0 saturated carbocycles. The molecule has 0 unspecified atom stereocenters. The van der Waals surface area contributed by atoms with Crippen molar-refractivity contribution < 1.29 is 4.39 Å². The second-order valence-electron chi connectivity index (χ2n) is 8.97. The second kappa shape index (κ2) is 10.7. The Labute approximate surface area is 206 Å². The lowest BCUT2D eigenvalue weighted by molar-refractivity contribution is 0.313. The number of anilines is 2. The number of piperazine rings is 1. The van der Waals surface area contributed by atoms with Crippen LogP contribution in [0.3, 0.4) is 0 Å². The van der Waals surface area contributed by atoms with E-state index < -0.39 is 0 Å². The molecule has 3 aromatic rings. The Morgan fingerprint density at radius 3 is 2.46 bits per heavy atom. The number of aliphatic imine (C=N–C) groups is 1. The standard InChI is InChI=1S/C28H32FN5O/c1-5-22-7-13-27(35)34(19-23-6-8-24(29)18-20(23)2)28(22)31-21(3)30-25-9-11-26(12-10-25)33-16-14-32(4)15-17-33/h5-13,18H,1,14-17,19H2,2-4H3,(H,30,31). The first kappa shape index (κ1) is 24.4. The highest BCUT2D eigenvalue weighted by atomic mass is 19.1. The first-order valence-electron chi connectivity index (χ1n) is 11.8. The Hall–Kier alpha value is -3.71. The van der Waals surface area contributed by atoms with Crippen molar-refractivity contribution >= 4 is 29.1 Å². The van der Waals surface area contributed by atoms with E-state index in [4.69, 9.17) is 4.99 Å². The number of benzene rings is 2. The van der Waals surface area contributed by atoms with Crippen molar-refractivity contribution in [3.63, 3.8) is 0 Å². The summed E-state index contributed by atoms with van der Waals surface area (Å²) in [4.78, 5) is 22.3. The van der Waals surface area contributed by atoms with Gasteiger partial charge < -0.3 is 15.1 Å². The number of aromatic nitrogens is 1. The third-order valence-electron chi connectivity index (χ3n) is 6.37. The lowest BCUT2D eigenvalue weighted by Crippen LogP contribution is -2.44. The van der Waals surface area contributed by atoms with Crippen LogP contribution in [0.5, 0.6) is 0 Å². The van der Waals surface area contributed by atoms with Gasteiger partial charge in [-0.15, -0.1) is 0 Å². The fourth-order valence-electron chi connectivity index (χ4n) is 4.25. The van der Waals surface area contributed by atoms with Crippen molar-refractivity contribution in [1.29, 1.82) is 0 Å². The Kier molecular flexibility index (Phi) is 7.46.